The summed E-state index contributed by atoms with van der Waals surface area (Å²) in [5.41, 5.74) is 3.15. The number of nitrogens with two attached hydrogens (primary N) is 1. The second kappa shape index (κ2) is 5.85. The Kier molecular flexibility index (Phi) is 4.45. The molecule has 16 heavy (non-hydrogen) atoms. The smallest absolute Gasteiger partial charge is 0.266 e. The number of aromatic nitrogens is 1. The summed E-state index contributed by atoms with van der Waals surface area (Å²) >= 11 is 0. The van der Waals surface area contributed by atoms with Gasteiger partial charge in [0.15, 0.2) is 0 Å². The molecule has 0 saturated heterocycles. The monoisotopic (exact) mass is 218 g/mol. The lowest BCUT2D eigenvalue weighted by molar-refractivity contribution is 0.0953. The zero-order valence-corrected chi connectivity index (χ0v) is 9.32. The minimum absolute atomic E-state index is 0.372. The molecule has 84 valence electrons. The molecule has 1 rings (SSSR count). The van der Waals surface area contributed by atoms with Crippen molar-refractivity contribution in [3.8, 4) is 11.8 Å². The van der Waals surface area contributed by atoms with Crippen LogP contribution in [0.3, 0.4) is 0 Å². The van der Waals surface area contributed by atoms with Crippen molar-refractivity contribution in [2.24, 2.45) is 5.84 Å². The first kappa shape index (κ1) is 12.2. The number of carbonyl (C=O) groups is 1. The molecule has 0 aliphatic carbocycles. The van der Waals surface area contributed by atoms with Gasteiger partial charge in [0.05, 0.1) is 12.1 Å². The Morgan fingerprint density at radius 3 is 2.94 bits per heavy atom. The lowest BCUT2D eigenvalue weighted by Crippen LogP contribution is -2.30. The van der Waals surface area contributed by atoms with Crippen LogP contribution in [0.5, 0.6) is 0 Å². The third-order valence-electron chi connectivity index (χ3n) is 1.76. The predicted octanol–water partition coefficient (Wildman–Crippen LogP) is -0.402. The van der Waals surface area contributed by atoms with Crippen molar-refractivity contribution >= 4 is 5.91 Å². The predicted molar refractivity (Wildman–Crippen MR) is 61.3 cm³/mol. The van der Waals surface area contributed by atoms with Crippen molar-refractivity contribution in [3.63, 3.8) is 0 Å². The Bertz CT molecular complexity index is 431. The molecule has 0 bridgehead atoms. The number of hydrazine groups is 1. The van der Waals surface area contributed by atoms with Crippen LogP contribution in [0.25, 0.3) is 0 Å². The average Bonchev–Trinajstić information content (AvgIpc) is 2.28. The summed E-state index contributed by atoms with van der Waals surface area (Å²) in [6.45, 7) is 0.660. The number of hydrogen-bond acceptors (Lipinski definition) is 4. The van der Waals surface area contributed by atoms with Gasteiger partial charge in [0.1, 0.15) is 0 Å². The molecule has 0 atom stereocenters. The van der Waals surface area contributed by atoms with E-state index in [0.29, 0.717) is 17.7 Å². The first-order chi connectivity index (χ1) is 7.63. The summed E-state index contributed by atoms with van der Waals surface area (Å²) in [5, 5.41) is 0. The second-order valence-corrected chi connectivity index (χ2v) is 3.48. The van der Waals surface area contributed by atoms with Crippen LogP contribution in [0.4, 0.5) is 0 Å². The first-order valence-electron chi connectivity index (χ1n) is 4.73. The summed E-state index contributed by atoms with van der Waals surface area (Å²) in [5.74, 6) is 10.5. The molecule has 5 nitrogen and oxygen atoms in total. The van der Waals surface area contributed by atoms with Gasteiger partial charge in [0.25, 0.3) is 5.91 Å². The summed E-state index contributed by atoms with van der Waals surface area (Å²) < 4.78 is 0. The van der Waals surface area contributed by atoms with Crippen LogP contribution < -0.4 is 11.3 Å². The molecule has 1 aromatic heterocycles. The minimum atomic E-state index is -0.372. The number of carbonyl (C=O) groups excluding carboxylic acids is 1. The van der Waals surface area contributed by atoms with Crippen molar-refractivity contribution in [2.75, 3.05) is 20.6 Å². The molecule has 0 fully saturated rings. The zero-order chi connectivity index (χ0) is 12.0. The normalized spacial score (nSPS) is 9.50. The molecule has 0 aromatic carbocycles. The van der Waals surface area contributed by atoms with Crippen molar-refractivity contribution in [3.05, 3.63) is 29.6 Å². The lowest BCUT2D eigenvalue weighted by Gasteiger charge is -2.01. The number of hydrogen-bond donors (Lipinski definition) is 2. The van der Waals surface area contributed by atoms with Crippen LogP contribution >= 0.6 is 0 Å². The van der Waals surface area contributed by atoms with Gasteiger partial charge in [-0.25, -0.2) is 5.84 Å². The molecule has 5 heteroatoms. The van der Waals surface area contributed by atoms with Gasteiger partial charge in [-0.05, 0) is 20.2 Å². The van der Waals surface area contributed by atoms with Crippen LogP contribution in [0.15, 0.2) is 18.5 Å². The van der Waals surface area contributed by atoms with E-state index in [0.717, 1.165) is 0 Å². The molecule has 0 radical (unpaired) electrons. The van der Waals surface area contributed by atoms with Gasteiger partial charge in [0, 0.05) is 18.0 Å². The molecule has 1 heterocycles. The Morgan fingerprint density at radius 1 is 1.56 bits per heavy atom. The van der Waals surface area contributed by atoms with Gasteiger partial charge in [-0.15, -0.1) is 0 Å². The number of nitrogens with zero attached hydrogens (tertiary/aromatic N) is 2. The third-order valence-corrected chi connectivity index (χ3v) is 1.76. The Labute approximate surface area is 94.6 Å². The Balaban J connectivity index is 2.81. The fourth-order valence-corrected chi connectivity index (χ4v) is 1.02. The van der Waals surface area contributed by atoms with Crippen LogP contribution in [0.2, 0.25) is 0 Å². The first-order valence-corrected chi connectivity index (χ1v) is 4.73. The molecule has 1 aromatic rings. The number of rotatable bonds is 2. The molecular formula is C11H14N4O. The number of pyridine rings is 1. The molecule has 0 saturated carbocycles. The van der Waals surface area contributed by atoms with Crippen LogP contribution in [0.1, 0.15) is 15.9 Å². The van der Waals surface area contributed by atoms with E-state index in [1.54, 1.807) is 12.3 Å². The third kappa shape index (κ3) is 3.69. The largest absolute Gasteiger partial charge is 0.299 e. The highest BCUT2D eigenvalue weighted by Gasteiger charge is 2.03. The highest BCUT2D eigenvalue weighted by Crippen LogP contribution is 2.00. The van der Waals surface area contributed by atoms with Gasteiger partial charge < -0.3 is 0 Å². The van der Waals surface area contributed by atoms with E-state index < -0.39 is 0 Å². The van der Waals surface area contributed by atoms with Crippen LogP contribution in [0, 0.1) is 11.8 Å². The van der Waals surface area contributed by atoms with E-state index in [9.17, 15) is 4.79 Å². The van der Waals surface area contributed by atoms with Gasteiger partial charge in [-0.1, -0.05) is 11.8 Å². The van der Waals surface area contributed by atoms with Crippen molar-refractivity contribution in [1.82, 2.24) is 15.3 Å². The van der Waals surface area contributed by atoms with E-state index >= 15 is 0 Å². The maximum Gasteiger partial charge on any atom is 0.266 e. The minimum Gasteiger partial charge on any atom is -0.299 e. The van der Waals surface area contributed by atoms with Crippen LogP contribution in [-0.2, 0) is 0 Å². The summed E-state index contributed by atoms with van der Waals surface area (Å²) in [6, 6.07) is 1.65. The van der Waals surface area contributed by atoms with Crippen molar-refractivity contribution < 1.29 is 4.79 Å². The molecule has 0 aliphatic heterocycles. The zero-order valence-electron chi connectivity index (χ0n) is 9.32. The maximum absolute atomic E-state index is 11.2. The summed E-state index contributed by atoms with van der Waals surface area (Å²) in [6.07, 6.45) is 3.05. The fraction of sp³-hybridized carbons (Fsp3) is 0.273. The summed E-state index contributed by atoms with van der Waals surface area (Å²) in [7, 11) is 3.87. The topological polar surface area (TPSA) is 71.2 Å². The lowest BCUT2D eigenvalue weighted by atomic mass is 10.2. The van der Waals surface area contributed by atoms with Gasteiger partial charge in [-0.3, -0.25) is 20.1 Å². The maximum atomic E-state index is 11.2. The molecule has 0 spiro atoms. The van der Waals surface area contributed by atoms with Gasteiger partial charge in [-0.2, -0.15) is 0 Å². The quantitative estimate of drug-likeness (QED) is 0.306. The van der Waals surface area contributed by atoms with Gasteiger partial charge in [0.2, 0.25) is 0 Å². The van der Waals surface area contributed by atoms with Crippen molar-refractivity contribution in [2.45, 2.75) is 0 Å². The SMILES string of the molecule is CN(C)CC#Cc1cncc(C(=O)NN)c1. The highest BCUT2D eigenvalue weighted by atomic mass is 16.2. The van der Waals surface area contributed by atoms with E-state index in [1.165, 1.54) is 6.20 Å². The molecule has 3 N–H and O–H groups in total. The second-order valence-electron chi connectivity index (χ2n) is 3.48. The van der Waals surface area contributed by atoms with E-state index in [1.807, 2.05) is 24.4 Å². The Hall–Kier alpha value is -1.90. The van der Waals surface area contributed by atoms with Gasteiger partial charge >= 0.3 is 0 Å². The molecule has 1 amide bonds. The molecule has 0 aliphatic rings. The van der Waals surface area contributed by atoms with E-state index in [4.69, 9.17) is 5.84 Å². The van der Waals surface area contributed by atoms with E-state index in [2.05, 4.69) is 16.8 Å². The molecule has 0 unspecified atom stereocenters. The number of amides is 1. The number of nitrogen functional groups attached to an aromatic ring is 1. The van der Waals surface area contributed by atoms with E-state index in [-0.39, 0.29) is 5.91 Å². The number of nitrogens with one attached hydrogen (secondary N) is 1. The van der Waals surface area contributed by atoms with Crippen molar-refractivity contribution in [1.29, 1.82) is 0 Å². The average molecular weight is 218 g/mol. The highest BCUT2D eigenvalue weighted by molar-refractivity contribution is 5.93. The fourth-order valence-electron chi connectivity index (χ4n) is 1.02. The Morgan fingerprint density at radius 2 is 2.31 bits per heavy atom. The summed E-state index contributed by atoms with van der Waals surface area (Å²) in [4.78, 5) is 17.1. The standard InChI is InChI=1S/C11H14N4O/c1-15(2)5-3-4-9-6-10(8-13-7-9)11(16)14-12/h6-8H,5,12H2,1-2H3,(H,14,16). The molecular weight excluding hydrogens is 204 g/mol. The van der Waals surface area contributed by atoms with Crippen LogP contribution in [-0.4, -0.2) is 36.4 Å².